The number of sulfonamides is 1. The van der Waals surface area contributed by atoms with Crippen LogP contribution in [-0.2, 0) is 24.3 Å². The fraction of sp³-hybridized carbons (Fsp3) is 0.300. The van der Waals surface area contributed by atoms with Crippen LogP contribution in [0.15, 0.2) is 46.7 Å². The van der Waals surface area contributed by atoms with Crippen LogP contribution in [0.5, 0.6) is 0 Å². The third-order valence-corrected chi connectivity index (χ3v) is 7.71. The maximum Gasteiger partial charge on any atom is 0.246 e. The standard InChI is InChI=1S/C20H22ClN3O5S2/c1-23(20(26)7-5-16-3-2-12-30-16)14-19(25)22-15-4-6-17(21)18(13-15)31(27,28)24-8-10-29-11-9-24/h2-7,12-13H,8-11,14H2,1H3,(H,22,25)/b7-5+. The predicted molar refractivity (Wildman–Crippen MR) is 121 cm³/mol. The van der Waals surface area contributed by atoms with Crippen molar-refractivity contribution >= 4 is 56.5 Å². The van der Waals surface area contributed by atoms with E-state index in [1.807, 2.05) is 17.5 Å². The number of thiophene rings is 1. The zero-order valence-corrected chi connectivity index (χ0v) is 19.2. The molecule has 11 heteroatoms. The number of hydrogen-bond donors (Lipinski definition) is 1. The quantitative estimate of drug-likeness (QED) is 0.610. The number of amides is 2. The Balaban J connectivity index is 1.65. The Morgan fingerprint density at radius 3 is 2.71 bits per heavy atom. The third kappa shape index (κ3) is 6.14. The van der Waals surface area contributed by atoms with Gasteiger partial charge < -0.3 is 15.0 Å². The zero-order valence-electron chi connectivity index (χ0n) is 16.8. The molecule has 0 saturated carbocycles. The number of morpholine rings is 1. The highest BCUT2D eigenvalue weighted by Gasteiger charge is 2.28. The molecule has 1 N–H and O–H groups in total. The number of nitrogens with zero attached hydrogens (tertiary/aromatic N) is 2. The Bertz CT molecular complexity index is 1060. The summed E-state index contributed by atoms with van der Waals surface area (Å²) in [5.41, 5.74) is 0.274. The second-order valence-electron chi connectivity index (χ2n) is 6.75. The van der Waals surface area contributed by atoms with Crippen molar-refractivity contribution in [2.24, 2.45) is 0 Å². The summed E-state index contributed by atoms with van der Waals surface area (Å²) in [6.45, 7) is 0.910. The Hall–Kier alpha value is -2.24. The van der Waals surface area contributed by atoms with Crippen molar-refractivity contribution < 1.29 is 22.7 Å². The molecular formula is C20H22ClN3O5S2. The molecule has 31 heavy (non-hydrogen) atoms. The molecule has 1 aromatic heterocycles. The van der Waals surface area contributed by atoms with E-state index in [9.17, 15) is 18.0 Å². The smallest absolute Gasteiger partial charge is 0.246 e. The summed E-state index contributed by atoms with van der Waals surface area (Å²) in [7, 11) is -2.31. The molecule has 2 heterocycles. The van der Waals surface area contributed by atoms with Gasteiger partial charge in [0.2, 0.25) is 21.8 Å². The number of hydrogen-bond acceptors (Lipinski definition) is 6. The molecule has 0 atom stereocenters. The van der Waals surface area contributed by atoms with Gasteiger partial charge in [0.1, 0.15) is 4.90 Å². The van der Waals surface area contributed by atoms with Crippen LogP contribution in [-0.4, -0.2) is 69.3 Å². The first kappa shape index (κ1) is 23.4. The van der Waals surface area contributed by atoms with Crippen molar-refractivity contribution in [1.82, 2.24) is 9.21 Å². The van der Waals surface area contributed by atoms with E-state index in [1.165, 1.54) is 51.9 Å². The monoisotopic (exact) mass is 483 g/mol. The minimum absolute atomic E-state index is 0.0653. The average Bonchev–Trinajstić information content (AvgIpc) is 3.27. The van der Waals surface area contributed by atoms with E-state index >= 15 is 0 Å². The normalized spacial score (nSPS) is 15.2. The number of rotatable bonds is 7. The Kier molecular flexibility index (Phi) is 7.84. The molecule has 0 unspecified atom stereocenters. The highest BCUT2D eigenvalue weighted by atomic mass is 35.5. The maximum absolute atomic E-state index is 12.9. The van der Waals surface area contributed by atoms with Crippen molar-refractivity contribution in [3.8, 4) is 0 Å². The number of ether oxygens (including phenoxy) is 1. The molecule has 0 radical (unpaired) electrons. The summed E-state index contributed by atoms with van der Waals surface area (Å²) in [6, 6.07) is 8.01. The topological polar surface area (TPSA) is 96.0 Å². The van der Waals surface area contributed by atoms with Crippen molar-refractivity contribution in [3.05, 3.63) is 51.7 Å². The predicted octanol–water partition coefficient (Wildman–Crippen LogP) is 2.53. The molecule has 0 aliphatic carbocycles. The van der Waals surface area contributed by atoms with Gasteiger partial charge in [0, 0.05) is 36.8 Å². The summed E-state index contributed by atoms with van der Waals surface area (Å²) >= 11 is 7.63. The Morgan fingerprint density at radius 2 is 2.03 bits per heavy atom. The van der Waals surface area contributed by atoms with Crippen molar-refractivity contribution in [2.75, 3.05) is 45.2 Å². The van der Waals surface area contributed by atoms with Crippen LogP contribution in [0.2, 0.25) is 5.02 Å². The lowest BCUT2D eigenvalue weighted by Crippen LogP contribution is -2.40. The first-order valence-corrected chi connectivity index (χ1v) is 12.1. The highest BCUT2D eigenvalue weighted by Crippen LogP contribution is 2.28. The van der Waals surface area contributed by atoms with E-state index in [4.69, 9.17) is 16.3 Å². The minimum atomic E-state index is -3.82. The number of anilines is 1. The van der Waals surface area contributed by atoms with Crippen LogP contribution in [0.3, 0.4) is 0 Å². The van der Waals surface area contributed by atoms with Gasteiger partial charge in [-0.1, -0.05) is 17.7 Å². The van der Waals surface area contributed by atoms with Crippen LogP contribution in [0.4, 0.5) is 5.69 Å². The number of nitrogens with one attached hydrogen (secondary N) is 1. The molecule has 1 saturated heterocycles. The fourth-order valence-electron chi connectivity index (χ4n) is 2.87. The molecule has 0 spiro atoms. The average molecular weight is 484 g/mol. The number of carbonyl (C=O) groups is 2. The molecule has 3 rings (SSSR count). The fourth-order valence-corrected chi connectivity index (χ4v) is 5.39. The van der Waals surface area contributed by atoms with E-state index < -0.39 is 15.9 Å². The second-order valence-corrected chi connectivity index (χ2v) is 10.0. The molecule has 2 aromatic rings. The van der Waals surface area contributed by atoms with Crippen molar-refractivity contribution in [3.63, 3.8) is 0 Å². The number of benzene rings is 1. The van der Waals surface area contributed by atoms with E-state index in [2.05, 4.69) is 5.32 Å². The summed E-state index contributed by atoms with van der Waals surface area (Å²) in [6.07, 6.45) is 3.08. The van der Waals surface area contributed by atoms with E-state index in [0.717, 1.165) is 4.88 Å². The Morgan fingerprint density at radius 1 is 1.29 bits per heavy atom. The van der Waals surface area contributed by atoms with Gasteiger partial charge in [-0.2, -0.15) is 4.31 Å². The first-order valence-electron chi connectivity index (χ1n) is 9.41. The molecule has 1 aliphatic heterocycles. The van der Waals surface area contributed by atoms with Gasteiger partial charge in [-0.15, -0.1) is 11.3 Å². The molecule has 1 aliphatic rings. The number of halogens is 1. The zero-order chi connectivity index (χ0) is 22.4. The summed E-state index contributed by atoms with van der Waals surface area (Å²) in [5.74, 6) is -0.785. The van der Waals surface area contributed by atoms with E-state index in [-0.39, 0.29) is 41.1 Å². The van der Waals surface area contributed by atoms with Crippen LogP contribution in [0.1, 0.15) is 4.88 Å². The lowest BCUT2D eigenvalue weighted by atomic mass is 10.3. The van der Waals surface area contributed by atoms with Gasteiger partial charge in [0.15, 0.2) is 0 Å². The van der Waals surface area contributed by atoms with E-state index in [0.29, 0.717) is 13.2 Å². The first-order chi connectivity index (χ1) is 14.8. The molecular weight excluding hydrogens is 462 g/mol. The molecule has 8 nitrogen and oxygen atoms in total. The van der Waals surface area contributed by atoms with Gasteiger partial charge in [-0.25, -0.2) is 8.42 Å². The number of likely N-dealkylation sites (N-methyl/N-ethyl adjacent to an activating group) is 1. The van der Waals surface area contributed by atoms with Gasteiger partial charge in [0.25, 0.3) is 0 Å². The van der Waals surface area contributed by atoms with Gasteiger partial charge in [0.05, 0.1) is 24.8 Å². The van der Waals surface area contributed by atoms with Crippen molar-refractivity contribution in [2.45, 2.75) is 4.90 Å². The molecule has 2 amide bonds. The summed E-state index contributed by atoms with van der Waals surface area (Å²) in [5, 5.41) is 4.59. The third-order valence-electron chi connectivity index (χ3n) is 4.49. The summed E-state index contributed by atoms with van der Waals surface area (Å²) in [4.78, 5) is 26.7. The van der Waals surface area contributed by atoms with Crippen LogP contribution < -0.4 is 5.32 Å². The molecule has 166 valence electrons. The lowest BCUT2D eigenvalue weighted by molar-refractivity contribution is -0.129. The van der Waals surface area contributed by atoms with Crippen molar-refractivity contribution in [1.29, 1.82) is 0 Å². The molecule has 0 bridgehead atoms. The van der Waals surface area contributed by atoms with Gasteiger partial charge in [-0.3, -0.25) is 9.59 Å². The lowest BCUT2D eigenvalue weighted by Gasteiger charge is -2.26. The second kappa shape index (κ2) is 10.4. The molecule has 1 aromatic carbocycles. The Labute approximate surface area is 190 Å². The van der Waals surface area contributed by atoms with Crippen LogP contribution >= 0.6 is 22.9 Å². The largest absolute Gasteiger partial charge is 0.379 e. The SMILES string of the molecule is CN(CC(=O)Nc1ccc(Cl)c(S(=O)(=O)N2CCOCC2)c1)C(=O)/C=C/c1cccs1. The maximum atomic E-state index is 12.9. The number of carbonyl (C=O) groups excluding carboxylic acids is 2. The van der Waals surface area contributed by atoms with Crippen LogP contribution in [0.25, 0.3) is 6.08 Å². The minimum Gasteiger partial charge on any atom is -0.379 e. The highest BCUT2D eigenvalue weighted by molar-refractivity contribution is 7.89. The molecule has 1 fully saturated rings. The summed E-state index contributed by atoms with van der Waals surface area (Å²) < 4.78 is 32.3. The van der Waals surface area contributed by atoms with Gasteiger partial charge >= 0.3 is 0 Å². The van der Waals surface area contributed by atoms with Crippen LogP contribution in [0, 0.1) is 0 Å². The van der Waals surface area contributed by atoms with E-state index in [1.54, 1.807) is 6.08 Å². The van der Waals surface area contributed by atoms with Gasteiger partial charge in [-0.05, 0) is 35.7 Å².